The van der Waals surface area contributed by atoms with Gasteiger partial charge in [0.1, 0.15) is 5.76 Å². The van der Waals surface area contributed by atoms with E-state index in [4.69, 9.17) is 5.11 Å². The molecule has 0 saturated heterocycles. The van der Waals surface area contributed by atoms with Gasteiger partial charge in [0.25, 0.3) is 0 Å². The number of carbonyl (C=O) groups is 1. The largest absolute Gasteiger partial charge is 0.507 e. The van der Waals surface area contributed by atoms with Gasteiger partial charge in [0, 0.05) is 0 Å². The molecule has 0 amide bonds. The van der Waals surface area contributed by atoms with Gasteiger partial charge in [-0.25, -0.2) is 0 Å². The fourth-order valence-electron chi connectivity index (χ4n) is 0.552. The van der Waals surface area contributed by atoms with Crippen LogP contribution >= 0.6 is 0 Å². The molecule has 0 saturated carbocycles. The number of allylic oxidation sites excluding steroid dienone is 1. The van der Waals surface area contributed by atoms with E-state index >= 15 is 0 Å². The van der Waals surface area contributed by atoms with Crippen molar-refractivity contribution in [1.29, 1.82) is 0 Å². The van der Waals surface area contributed by atoms with E-state index in [1.807, 2.05) is 0 Å². The molecule has 0 fully saturated rings. The maximum absolute atomic E-state index is 10.2. The molecule has 0 atom stereocenters. The first kappa shape index (κ1) is 6.67. The van der Waals surface area contributed by atoms with Crippen LogP contribution in [0.1, 0.15) is 0 Å². The van der Waals surface area contributed by atoms with E-state index < -0.39 is 0 Å². The van der Waals surface area contributed by atoms with E-state index in [2.05, 4.69) is 10.2 Å². The first-order valence-electron chi connectivity index (χ1n) is 2.76. The summed E-state index contributed by atoms with van der Waals surface area (Å²) in [7, 11) is 0. The quantitative estimate of drug-likeness (QED) is 0.549. The highest BCUT2D eigenvalue weighted by Gasteiger charge is 2.01. The predicted octanol–water partition coefficient (Wildman–Crippen LogP) is 0.977. The standard InChI is InChI=1S/C6H6N2O2/c9-4-5-3-8-7-2-1-6(5)10/h1,3-4,10H,2H2. The Balaban J connectivity index is 2.92. The maximum atomic E-state index is 10.2. The first-order chi connectivity index (χ1) is 4.84. The number of nitrogens with zero attached hydrogens (tertiary/aromatic N) is 2. The molecule has 0 radical (unpaired) electrons. The van der Waals surface area contributed by atoms with Crippen LogP contribution in [0.15, 0.2) is 33.8 Å². The number of aliphatic hydroxyl groups is 1. The molecule has 52 valence electrons. The Kier molecular flexibility index (Phi) is 1.94. The van der Waals surface area contributed by atoms with Crippen molar-refractivity contribution in [2.45, 2.75) is 0 Å². The lowest BCUT2D eigenvalue weighted by atomic mass is 10.2. The molecule has 0 spiro atoms. The Bertz CT molecular complexity index is 228. The molecule has 0 aromatic carbocycles. The van der Waals surface area contributed by atoms with Crippen LogP contribution in [0.3, 0.4) is 0 Å². The molecule has 0 aliphatic carbocycles. The van der Waals surface area contributed by atoms with E-state index in [1.165, 1.54) is 12.3 Å². The zero-order chi connectivity index (χ0) is 7.40. The average Bonchev–Trinajstić information content (AvgIpc) is 2.13. The van der Waals surface area contributed by atoms with Gasteiger partial charge in [0.15, 0.2) is 6.29 Å². The van der Waals surface area contributed by atoms with Gasteiger partial charge in [0.2, 0.25) is 0 Å². The second-order valence-electron chi connectivity index (χ2n) is 1.73. The SMILES string of the molecule is O=CC1=CN=NCC=C1O. The molecule has 0 bridgehead atoms. The van der Waals surface area contributed by atoms with Crippen molar-refractivity contribution in [2.24, 2.45) is 10.2 Å². The molecule has 10 heavy (non-hydrogen) atoms. The molecule has 1 aliphatic rings. The van der Waals surface area contributed by atoms with Gasteiger partial charge in [-0.2, -0.15) is 10.2 Å². The van der Waals surface area contributed by atoms with Crippen molar-refractivity contribution in [3.05, 3.63) is 23.6 Å². The number of rotatable bonds is 1. The van der Waals surface area contributed by atoms with Crippen LogP contribution < -0.4 is 0 Å². The average molecular weight is 138 g/mol. The Labute approximate surface area is 57.6 Å². The zero-order valence-corrected chi connectivity index (χ0v) is 5.19. The lowest BCUT2D eigenvalue weighted by molar-refractivity contribution is -0.104. The maximum Gasteiger partial charge on any atom is 0.155 e. The minimum atomic E-state index is -0.0556. The van der Waals surface area contributed by atoms with Crippen molar-refractivity contribution in [1.82, 2.24) is 0 Å². The van der Waals surface area contributed by atoms with E-state index in [1.54, 1.807) is 0 Å². The highest BCUT2D eigenvalue weighted by Crippen LogP contribution is 2.06. The predicted molar refractivity (Wildman–Crippen MR) is 34.6 cm³/mol. The highest BCUT2D eigenvalue weighted by atomic mass is 16.3. The minimum Gasteiger partial charge on any atom is -0.507 e. The Hall–Kier alpha value is -1.45. The summed E-state index contributed by atoms with van der Waals surface area (Å²) in [6.45, 7) is 0.319. The number of azo groups is 1. The topological polar surface area (TPSA) is 62.0 Å². The number of hydrogen-bond donors (Lipinski definition) is 1. The molecular weight excluding hydrogens is 132 g/mol. The van der Waals surface area contributed by atoms with Crippen molar-refractivity contribution in [3.63, 3.8) is 0 Å². The smallest absolute Gasteiger partial charge is 0.155 e. The summed E-state index contributed by atoms with van der Waals surface area (Å²) in [5.74, 6) is -0.0556. The fraction of sp³-hybridized carbons (Fsp3) is 0.167. The van der Waals surface area contributed by atoms with Crippen LogP contribution in [0.25, 0.3) is 0 Å². The first-order valence-corrected chi connectivity index (χ1v) is 2.76. The van der Waals surface area contributed by atoms with Gasteiger partial charge in [-0.1, -0.05) is 0 Å². The molecule has 0 aromatic heterocycles. The summed E-state index contributed by atoms with van der Waals surface area (Å²) in [4.78, 5) is 10.2. The van der Waals surface area contributed by atoms with Gasteiger partial charge in [0.05, 0.1) is 18.3 Å². The summed E-state index contributed by atoms with van der Waals surface area (Å²) in [6.07, 6.45) is 3.19. The third-order valence-corrected chi connectivity index (χ3v) is 1.07. The zero-order valence-electron chi connectivity index (χ0n) is 5.19. The monoisotopic (exact) mass is 138 g/mol. The molecular formula is C6H6N2O2. The Morgan fingerprint density at radius 3 is 3.20 bits per heavy atom. The molecule has 4 heteroatoms. The van der Waals surface area contributed by atoms with Crippen LogP contribution in [0.5, 0.6) is 0 Å². The van der Waals surface area contributed by atoms with Crippen molar-refractivity contribution in [2.75, 3.05) is 6.54 Å². The third kappa shape index (κ3) is 1.28. The van der Waals surface area contributed by atoms with Gasteiger partial charge < -0.3 is 5.11 Å². The second-order valence-corrected chi connectivity index (χ2v) is 1.73. The lowest BCUT2D eigenvalue weighted by Gasteiger charge is -1.91. The van der Waals surface area contributed by atoms with Gasteiger partial charge in [-0.05, 0) is 6.08 Å². The van der Waals surface area contributed by atoms with Crippen LogP contribution in [0.2, 0.25) is 0 Å². The molecule has 1 heterocycles. The van der Waals surface area contributed by atoms with Gasteiger partial charge in [-0.15, -0.1) is 0 Å². The van der Waals surface area contributed by atoms with E-state index in [-0.39, 0.29) is 11.3 Å². The molecule has 1 N–H and O–H groups in total. The highest BCUT2D eigenvalue weighted by molar-refractivity contribution is 5.78. The van der Waals surface area contributed by atoms with Crippen LogP contribution in [0, 0.1) is 0 Å². The summed E-state index contributed by atoms with van der Waals surface area (Å²) in [5, 5.41) is 16.1. The summed E-state index contributed by atoms with van der Waals surface area (Å²) in [6, 6.07) is 0. The molecule has 1 rings (SSSR count). The van der Waals surface area contributed by atoms with Gasteiger partial charge in [-0.3, -0.25) is 4.79 Å². The number of aliphatic hydroxyl groups excluding tert-OH is 1. The van der Waals surface area contributed by atoms with Crippen molar-refractivity contribution >= 4 is 6.29 Å². The van der Waals surface area contributed by atoms with E-state index in [9.17, 15) is 4.79 Å². The molecule has 0 aromatic rings. The second kappa shape index (κ2) is 2.91. The molecule has 0 unspecified atom stereocenters. The minimum absolute atomic E-state index is 0.0556. The normalized spacial score (nSPS) is 17.2. The summed E-state index contributed by atoms with van der Waals surface area (Å²) >= 11 is 0. The Morgan fingerprint density at radius 1 is 1.70 bits per heavy atom. The summed E-state index contributed by atoms with van der Waals surface area (Å²) in [5.41, 5.74) is 0.168. The van der Waals surface area contributed by atoms with Crippen LogP contribution in [0.4, 0.5) is 0 Å². The Morgan fingerprint density at radius 2 is 2.50 bits per heavy atom. The van der Waals surface area contributed by atoms with Crippen molar-refractivity contribution in [3.8, 4) is 0 Å². The van der Waals surface area contributed by atoms with Crippen molar-refractivity contribution < 1.29 is 9.90 Å². The lowest BCUT2D eigenvalue weighted by Crippen LogP contribution is -1.88. The number of aldehydes is 1. The summed E-state index contributed by atoms with van der Waals surface area (Å²) < 4.78 is 0. The van der Waals surface area contributed by atoms with E-state index in [0.29, 0.717) is 12.8 Å². The van der Waals surface area contributed by atoms with Gasteiger partial charge >= 0.3 is 0 Å². The molecule has 1 aliphatic heterocycles. The number of hydrogen-bond acceptors (Lipinski definition) is 4. The van der Waals surface area contributed by atoms with Crippen LogP contribution in [-0.4, -0.2) is 17.9 Å². The van der Waals surface area contributed by atoms with Crippen LogP contribution in [-0.2, 0) is 4.79 Å². The fourth-order valence-corrected chi connectivity index (χ4v) is 0.552. The number of carbonyl (C=O) groups excluding carboxylic acids is 1. The molecule has 4 nitrogen and oxygen atoms in total. The third-order valence-electron chi connectivity index (χ3n) is 1.07. The van der Waals surface area contributed by atoms with E-state index in [0.717, 1.165) is 0 Å².